The third kappa shape index (κ3) is 2.35. The maximum atomic E-state index is 12.1. The van der Waals surface area contributed by atoms with E-state index in [2.05, 4.69) is 6.07 Å². The van der Waals surface area contributed by atoms with E-state index in [4.69, 9.17) is 9.15 Å². The van der Waals surface area contributed by atoms with Gasteiger partial charge in [-0.2, -0.15) is 5.26 Å². The molecule has 3 heterocycles. The van der Waals surface area contributed by atoms with Gasteiger partial charge in [0.2, 0.25) is 0 Å². The number of hydrogen-bond acceptors (Lipinski definition) is 4. The number of carbonyl (C=O) groups excluding carboxylic acids is 1. The van der Waals surface area contributed by atoms with E-state index in [9.17, 15) is 10.1 Å². The zero-order valence-electron chi connectivity index (χ0n) is 12.3. The Morgan fingerprint density at radius 3 is 2.91 bits per heavy atom. The number of aromatic nitrogens is 1. The number of rotatable bonds is 3. The van der Waals surface area contributed by atoms with Gasteiger partial charge in [-0.25, -0.2) is 4.79 Å². The molecule has 22 heavy (non-hydrogen) atoms. The molecule has 0 unspecified atom stereocenters. The average Bonchev–Trinajstić information content (AvgIpc) is 3.03. The van der Waals surface area contributed by atoms with Gasteiger partial charge in [-0.15, -0.1) is 0 Å². The van der Waals surface area contributed by atoms with E-state index in [0.717, 1.165) is 5.52 Å². The van der Waals surface area contributed by atoms with Crippen LogP contribution in [-0.2, 0) is 11.3 Å². The summed E-state index contributed by atoms with van der Waals surface area (Å²) in [5, 5.41) is 9.32. The fourth-order valence-corrected chi connectivity index (χ4v) is 2.47. The number of hydrogen-bond donors (Lipinski definition) is 0. The van der Waals surface area contributed by atoms with Crippen molar-refractivity contribution in [3.63, 3.8) is 0 Å². The lowest BCUT2D eigenvalue weighted by atomic mass is 10.2. The van der Waals surface area contributed by atoms with Crippen molar-refractivity contribution in [2.75, 3.05) is 0 Å². The van der Waals surface area contributed by atoms with Crippen LogP contribution in [0, 0.1) is 25.2 Å². The highest BCUT2D eigenvalue weighted by Crippen LogP contribution is 2.20. The quantitative estimate of drug-likeness (QED) is 0.694. The summed E-state index contributed by atoms with van der Waals surface area (Å²) in [7, 11) is 0. The third-order valence-corrected chi connectivity index (χ3v) is 3.49. The molecule has 0 fully saturated rings. The monoisotopic (exact) mass is 294 g/mol. The van der Waals surface area contributed by atoms with Crippen molar-refractivity contribution in [1.29, 1.82) is 5.26 Å². The van der Waals surface area contributed by atoms with Crippen LogP contribution in [0.15, 0.2) is 41.1 Å². The molecule has 0 spiro atoms. The van der Waals surface area contributed by atoms with Gasteiger partial charge in [0.15, 0.2) is 0 Å². The summed E-state index contributed by atoms with van der Waals surface area (Å²) in [5.74, 6) is 0.746. The molecule has 0 radical (unpaired) electrons. The van der Waals surface area contributed by atoms with Crippen LogP contribution in [0.1, 0.15) is 33.0 Å². The highest BCUT2D eigenvalue weighted by atomic mass is 16.5. The Labute approximate surface area is 127 Å². The maximum absolute atomic E-state index is 12.1. The van der Waals surface area contributed by atoms with E-state index >= 15 is 0 Å². The standard InChI is InChI=1S/C17H14N2O3/c1-11-7-14(12(2)22-11)17(20)21-10-13-9-19-6-4-3-5-16(19)15(13)8-18/h3-7,9H,10H2,1-2H3. The number of furan rings is 1. The molecular formula is C17H14N2O3. The summed E-state index contributed by atoms with van der Waals surface area (Å²) in [6.45, 7) is 3.54. The predicted octanol–water partition coefficient (Wildman–Crippen LogP) is 3.38. The Hall–Kier alpha value is -3.00. The normalized spacial score (nSPS) is 10.6. The molecule has 0 saturated heterocycles. The Morgan fingerprint density at radius 1 is 1.41 bits per heavy atom. The number of esters is 1. The number of pyridine rings is 1. The first-order valence-electron chi connectivity index (χ1n) is 6.83. The van der Waals surface area contributed by atoms with Crippen LogP contribution < -0.4 is 0 Å². The molecule has 0 aliphatic carbocycles. The molecule has 0 saturated carbocycles. The van der Waals surface area contributed by atoms with Gasteiger partial charge in [-0.05, 0) is 32.0 Å². The van der Waals surface area contributed by atoms with Crippen molar-refractivity contribution in [3.05, 3.63) is 64.9 Å². The van der Waals surface area contributed by atoms with Crippen LogP contribution in [0.25, 0.3) is 5.52 Å². The summed E-state index contributed by atoms with van der Waals surface area (Å²) >= 11 is 0. The summed E-state index contributed by atoms with van der Waals surface area (Å²) in [6.07, 6.45) is 3.65. The zero-order valence-corrected chi connectivity index (χ0v) is 12.3. The molecule has 0 N–H and O–H groups in total. The number of carbonyl (C=O) groups is 1. The van der Waals surface area contributed by atoms with Crippen molar-refractivity contribution < 1.29 is 13.9 Å². The average molecular weight is 294 g/mol. The van der Waals surface area contributed by atoms with E-state index in [1.54, 1.807) is 26.1 Å². The smallest absolute Gasteiger partial charge is 0.342 e. The summed E-state index contributed by atoms with van der Waals surface area (Å²) in [5.41, 5.74) is 2.42. The minimum atomic E-state index is -0.450. The molecule has 0 aliphatic rings. The lowest BCUT2D eigenvalue weighted by molar-refractivity contribution is 0.0470. The van der Waals surface area contributed by atoms with Crippen molar-refractivity contribution in [2.45, 2.75) is 20.5 Å². The Kier molecular flexibility index (Phi) is 3.43. The predicted molar refractivity (Wildman–Crippen MR) is 79.4 cm³/mol. The molecule has 3 aromatic heterocycles. The molecule has 0 aliphatic heterocycles. The van der Waals surface area contributed by atoms with E-state index in [0.29, 0.717) is 28.2 Å². The van der Waals surface area contributed by atoms with Crippen molar-refractivity contribution in [1.82, 2.24) is 4.40 Å². The van der Waals surface area contributed by atoms with Gasteiger partial charge >= 0.3 is 5.97 Å². The molecular weight excluding hydrogens is 280 g/mol. The summed E-state index contributed by atoms with van der Waals surface area (Å²) in [4.78, 5) is 12.1. The van der Waals surface area contributed by atoms with Gasteiger partial charge in [0.25, 0.3) is 0 Å². The lowest BCUT2D eigenvalue weighted by Crippen LogP contribution is -2.05. The van der Waals surface area contributed by atoms with E-state index in [-0.39, 0.29) is 6.61 Å². The van der Waals surface area contributed by atoms with E-state index in [1.807, 2.05) is 28.8 Å². The fourth-order valence-electron chi connectivity index (χ4n) is 2.47. The van der Waals surface area contributed by atoms with Gasteiger partial charge in [0.05, 0.1) is 11.1 Å². The van der Waals surface area contributed by atoms with Crippen LogP contribution in [0.5, 0.6) is 0 Å². The molecule has 5 nitrogen and oxygen atoms in total. The first-order chi connectivity index (χ1) is 10.6. The number of nitrogens with zero attached hydrogens (tertiary/aromatic N) is 2. The second kappa shape index (κ2) is 5.41. The zero-order chi connectivity index (χ0) is 15.7. The summed E-state index contributed by atoms with van der Waals surface area (Å²) in [6, 6.07) is 9.41. The Bertz CT molecular complexity index is 896. The second-order valence-electron chi connectivity index (χ2n) is 5.04. The minimum Gasteiger partial charge on any atom is -0.466 e. The van der Waals surface area contributed by atoms with E-state index in [1.165, 1.54) is 0 Å². The van der Waals surface area contributed by atoms with Gasteiger partial charge in [0.1, 0.15) is 29.8 Å². The van der Waals surface area contributed by atoms with Gasteiger partial charge in [-0.3, -0.25) is 0 Å². The van der Waals surface area contributed by atoms with Crippen LogP contribution in [-0.4, -0.2) is 10.4 Å². The number of aryl methyl sites for hydroxylation is 2. The highest BCUT2D eigenvalue weighted by Gasteiger charge is 2.17. The SMILES string of the molecule is Cc1cc(C(=O)OCc2cn3ccccc3c2C#N)c(C)o1. The topological polar surface area (TPSA) is 67.6 Å². The molecule has 0 amide bonds. The van der Waals surface area contributed by atoms with Crippen LogP contribution >= 0.6 is 0 Å². The van der Waals surface area contributed by atoms with Crippen molar-refractivity contribution in [3.8, 4) is 6.07 Å². The first kappa shape index (κ1) is 14.0. The Morgan fingerprint density at radius 2 is 2.23 bits per heavy atom. The van der Waals surface area contributed by atoms with Crippen molar-refractivity contribution >= 4 is 11.5 Å². The van der Waals surface area contributed by atoms with E-state index < -0.39 is 5.97 Å². The molecule has 5 heteroatoms. The number of nitriles is 1. The van der Waals surface area contributed by atoms with Crippen LogP contribution in [0.3, 0.4) is 0 Å². The maximum Gasteiger partial charge on any atom is 0.342 e. The van der Waals surface area contributed by atoms with Gasteiger partial charge in [-0.1, -0.05) is 6.07 Å². The first-order valence-corrected chi connectivity index (χ1v) is 6.83. The Balaban J connectivity index is 1.84. The molecule has 0 bridgehead atoms. The lowest BCUT2D eigenvalue weighted by Gasteiger charge is -2.02. The fraction of sp³-hybridized carbons (Fsp3) is 0.176. The van der Waals surface area contributed by atoms with Crippen LogP contribution in [0.4, 0.5) is 0 Å². The second-order valence-corrected chi connectivity index (χ2v) is 5.04. The summed E-state index contributed by atoms with van der Waals surface area (Å²) < 4.78 is 12.5. The molecule has 3 rings (SSSR count). The molecule has 0 atom stereocenters. The van der Waals surface area contributed by atoms with Gasteiger partial charge in [0, 0.05) is 18.0 Å². The highest BCUT2D eigenvalue weighted by molar-refractivity contribution is 5.90. The molecule has 110 valence electrons. The molecule has 3 aromatic rings. The third-order valence-electron chi connectivity index (χ3n) is 3.49. The van der Waals surface area contributed by atoms with Crippen molar-refractivity contribution in [2.24, 2.45) is 0 Å². The number of ether oxygens (including phenoxy) is 1. The van der Waals surface area contributed by atoms with Crippen LogP contribution in [0.2, 0.25) is 0 Å². The largest absolute Gasteiger partial charge is 0.466 e. The number of fused-ring (bicyclic) bond motifs is 1. The molecule has 0 aromatic carbocycles. The van der Waals surface area contributed by atoms with Gasteiger partial charge < -0.3 is 13.6 Å². The minimum absolute atomic E-state index is 0.0487.